The van der Waals surface area contributed by atoms with Crippen LogP contribution in [0, 0.1) is 11.3 Å². The average molecular weight is 465 g/mol. The fourth-order valence-electron chi connectivity index (χ4n) is 4.84. The van der Waals surface area contributed by atoms with Crippen LogP contribution in [0.2, 0.25) is 0 Å². The number of esters is 1. The number of nitrogens with one attached hydrogen (secondary N) is 2. The molecule has 0 aromatic heterocycles. The number of amides is 2. The molecule has 1 saturated carbocycles. The highest BCUT2D eigenvalue weighted by molar-refractivity contribution is 5.94. The van der Waals surface area contributed by atoms with E-state index in [0.29, 0.717) is 18.9 Å². The van der Waals surface area contributed by atoms with Crippen molar-refractivity contribution in [3.05, 3.63) is 35.4 Å². The normalized spacial score (nSPS) is 24.8. The Bertz CT molecular complexity index is 837. The molecule has 1 heterocycles. The lowest BCUT2D eigenvalue weighted by atomic mass is 9.81. The number of halogens is 1. The van der Waals surface area contributed by atoms with Gasteiger partial charge in [0, 0.05) is 31.1 Å². The van der Waals surface area contributed by atoms with E-state index in [2.05, 4.69) is 10.1 Å². The van der Waals surface area contributed by atoms with Crippen molar-refractivity contribution in [2.24, 2.45) is 11.7 Å². The first kappa shape index (κ1) is 25.6. The third-order valence-corrected chi connectivity index (χ3v) is 6.58. The van der Waals surface area contributed by atoms with E-state index in [4.69, 9.17) is 11.1 Å². The van der Waals surface area contributed by atoms with Crippen molar-refractivity contribution in [3.63, 3.8) is 0 Å². The van der Waals surface area contributed by atoms with Crippen molar-refractivity contribution < 1.29 is 19.1 Å². The van der Waals surface area contributed by atoms with E-state index in [0.717, 1.165) is 31.2 Å². The zero-order chi connectivity index (χ0) is 22.5. The topological polar surface area (TPSA) is 126 Å². The molecular weight excluding hydrogens is 432 g/mol. The quantitative estimate of drug-likeness (QED) is 0.324. The molecule has 3 rings (SSSR count). The van der Waals surface area contributed by atoms with Gasteiger partial charge in [-0.25, -0.2) is 0 Å². The summed E-state index contributed by atoms with van der Waals surface area (Å²) >= 11 is 0. The van der Waals surface area contributed by atoms with E-state index >= 15 is 0 Å². The van der Waals surface area contributed by atoms with Crippen molar-refractivity contribution in [2.45, 2.75) is 63.5 Å². The fraction of sp³-hybridized carbons (Fsp3) is 0.565. The van der Waals surface area contributed by atoms with Crippen LogP contribution in [-0.2, 0) is 19.1 Å². The first-order valence-corrected chi connectivity index (χ1v) is 10.9. The number of benzene rings is 1. The highest BCUT2D eigenvalue weighted by Gasteiger charge is 2.37. The molecule has 0 spiro atoms. The number of hydrogen-bond acceptors (Lipinski definition) is 5. The molecule has 2 atom stereocenters. The number of carbonyl (C=O) groups excluding carboxylic acids is 3. The summed E-state index contributed by atoms with van der Waals surface area (Å²) in [5.74, 6) is -0.405. The minimum absolute atomic E-state index is 0. The average Bonchev–Trinajstić information content (AvgIpc) is 3.10. The minimum atomic E-state index is -0.390. The number of nitrogen functional groups attached to an aromatic ring is 1. The molecule has 0 bridgehead atoms. The first-order chi connectivity index (χ1) is 14.8. The van der Waals surface area contributed by atoms with E-state index in [9.17, 15) is 14.4 Å². The Hall–Kier alpha value is -2.61. The lowest BCUT2D eigenvalue weighted by molar-refractivity contribution is -0.143. The Kier molecular flexibility index (Phi) is 9.07. The summed E-state index contributed by atoms with van der Waals surface area (Å²) in [4.78, 5) is 38.0. The van der Waals surface area contributed by atoms with E-state index in [1.165, 1.54) is 12.7 Å². The number of carbonyl (C=O) groups is 3. The molecule has 4 N–H and O–H groups in total. The van der Waals surface area contributed by atoms with Gasteiger partial charge in [-0.15, -0.1) is 12.4 Å². The monoisotopic (exact) mass is 464 g/mol. The summed E-state index contributed by atoms with van der Waals surface area (Å²) in [5, 5.41) is 10.5. The van der Waals surface area contributed by atoms with Gasteiger partial charge in [0.2, 0.25) is 11.8 Å². The Morgan fingerprint density at radius 3 is 2.34 bits per heavy atom. The zero-order valence-corrected chi connectivity index (χ0v) is 19.5. The van der Waals surface area contributed by atoms with Gasteiger partial charge >= 0.3 is 5.97 Å². The van der Waals surface area contributed by atoms with Gasteiger partial charge in [-0.3, -0.25) is 19.8 Å². The van der Waals surface area contributed by atoms with E-state index in [1.54, 1.807) is 6.92 Å². The SMILES string of the molecule is COC(=O)C[C@@H]1C[C@@H](CN(C(C)=O)C2CCC(c3ccc(C(=N)N)cc3)CC2)NC1=O.Cl. The molecule has 2 fully saturated rings. The van der Waals surface area contributed by atoms with Crippen LogP contribution in [0.25, 0.3) is 0 Å². The van der Waals surface area contributed by atoms with Crippen LogP contribution < -0.4 is 11.1 Å². The number of rotatable bonds is 7. The zero-order valence-electron chi connectivity index (χ0n) is 18.6. The van der Waals surface area contributed by atoms with Gasteiger partial charge in [-0.2, -0.15) is 0 Å². The van der Waals surface area contributed by atoms with Crippen molar-refractivity contribution in [3.8, 4) is 0 Å². The molecule has 1 aromatic carbocycles. The highest BCUT2D eigenvalue weighted by atomic mass is 35.5. The summed E-state index contributed by atoms with van der Waals surface area (Å²) in [6.45, 7) is 2.05. The molecule has 0 radical (unpaired) electrons. The van der Waals surface area contributed by atoms with Crippen LogP contribution in [0.15, 0.2) is 24.3 Å². The lowest BCUT2D eigenvalue weighted by Crippen LogP contribution is -2.47. The standard InChI is InChI=1S/C23H32N4O4.ClH/c1-14(28)27(13-19-11-18(23(30)26-19)12-21(29)31-2)20-9-7-16(8-10-20)15-3-5-17(6-4-15)22(24)25;/h3-6,16,18-20H,7-13H2,1-2H3,(H3,24,25)(H,26,30);1H/t16?,18-,19-,20?;/m0./s1. The molecule has 32 heavy (non-hydrogen) atoms. The highest BCUT2D eigenvalue weighted by Crippen LogP contribution is 2.35. The molecule has 1 saturated heterocycles. The number of nitrogens with two attached hydrogens (primary N) is 1. The van der Waals surface area contributed by atoms with Gasteiger partial charge in [0.15, 0.2) is 0 Å². The van der Waals surface area contributed by atoms with Crippen LogP contribution in [-0.4, -0.2) is 54.3 Å². The van der Waals surface area contributed by atoms with Gasteiger partial charge < -0.3 is 20.7 Å². The van der Waals surface area contributed by atoms with Crippen molar-refractivity contribution in [1.82, 2.24) is 10.2 Å². The second-order valence-corrected chi connectivity index (χ2v) is 8.63. The van der Waals surface area contributed by atoms with Gasteiger partial charge in [0.05, 0.1) is 19.4 Å². The number of amidine groups is 1. The number of ether oxygens (including phenoxy) is 1. The first-order valence-electron chi connectivity index (χ1n) is 10.9. The van der Waals surface area contributed by atoms with Gasteiger partial charge in [-0.05, 0) is 43.6 Å². The Balaban J connectivity index is 0.00000363. The summed E-state index contributed by atoms with van der Waals surface area (Å²) in [6.07, 6.45) is 4.39. The predicted octanol–water partition coefficient (Wildman–Crippen LogP) is 2.33. The predicted molar refractivity (Wildman–Crippen MR) is 124 cm³/mol. The van der Waals surface area contributed by atoms with Crippen LogP contribution >= 0.6 is 12.4 Å². The van der Waals surface area contributed by atoms with Crippen LogP contribution in [0.1, 0.15) is 62.5 Å². The second kappa shape index (κ2) is 11.3. The summed E-state index contributed by atoms with van der Waals surface area (Å²) in [7, 11) is 1.32. The van der Waals surface area contributed by atoms with Crippen LogP contribution in [0.5, 0.6) is 0 Å². The second-order valence-electron chi connectivity index (χ2n) is 8.63. The Morgan fingerprint density at radius 1 is 1.19 bits per heavy atom. The molecule has 1 aromatic rings. The summed E-state index contributed by atoms with van der Waals surface area (Å²) in [5.41, 5.74) is 7.50. The third-order valence-electron chi connectivity index (χ3n) is 6.58. The maximum atomic E-state index is 12.4. The smallest absolute Gasteiger partial charge is 0.306 e. The largest absolute Gasteiger partial charge is 0.469 e. The maximum Gasteiger partial charge on any atom is 0.306 e. The molecule has 1 aliphatic carbocycles. The van der Waals surface area contributed by atoms with E-state index < -0.39 is 0 Å². The molecule has 176 valence electrons. The lowest BCUT2D eigenvalue weighted by Gasteiger charge is -2.38. The molecular formula is C23H33ClN4O4. The summed E-state index contributed by atoms with van der Waals surface area (Å²) in [6, 6.07) is 7.88. The Labute approximate surface area is 195 Å². The van der Waals surface area contributed by atoms with Gasteiger partial charge in [0.1, 0.15) is 5.84 Å². The third kappa shape index (κ3) is 6.22. The number of methoxy groups -OCH3 is 1. The molecule has 9 heteroatoms. The molecule has 1 aliphatic heterocycles. The van der Waals surface area contributed by atoms with E-state index in [-0.39, 0.29) is 60.4 Å². The van der Waals surface area contributed by atoms with Crippen LogP contribution in [0.3, 0.4) is 0 Å². The van der Waals surface area contributed by atoms with Crippen molar-refractivity contribution >= 4 is 36.0 Å². The summed E-state index contributed by atoms with van der Waals surface area (Å²) < 4.78 is 4.67. The molecule has 8 nitrogen and oxygen atoms in total. The minimum Gasteiger partial charge on any atom is -0.469 e. The number of hydrogen-bond donors (Lipinski definition) is 3. The molecule has 0 unspecified atom stereocenters. The maximum absolute atomic E-state index is 12.4. The molecule has 2 amide bonds. The van der Waals surface area contributed by atoms with Gasteiger partial charge in [-0.1, -0.05) is 24.3 Å². The van der Waals surface area contributed by atoms with E-state index in [1.807, 2.05) is 29.2 Å². The van der Waals surface area contributed by atoms with Gasteiger partial charge in [0.25, 0.3) is 0 Å². The fourth-order valence-corrected chi connectivity index (χ4v) is 4.84. The Morgan fingerprint density at radius 2 is 1.81 bits per heavy atom. The molecule has 2 aliphatic rings. The van der Waals surface area contributed by atoms with Crippen LogP contribution in [0.4, 0.5) is 0 Å². The van der Waals surface area contributed by atoms with Crippen molar-refractivity contribution in [1.29, 1.82) is 5.41 Å². The van der Waals surface area contributed by atoms with Crippen molar-refractivity contribution in [2.75, 3.05) is 13.7 Å². The number of nitrogens with zero attached hydrogens (tertiary/aromatic N) is 1.